The van der Waals surface area contributed by atoms with E-state index in [1.165, 1.54) is 0 Å². The standard InChI is InChI=1S/C18H20N2O2/c1-12-9-17(21)20-16-8-4-7-15(18(16)19-12)14-6-3-5-13(10-14)11-22-2/h3-8,10,12,19H,9,11H2,1-2H3,(H,20,21)/t12-/m1/s1. The highest BCUT2D eigenvalue weighted by molar-refractivity contribution is 6.00. The molecule has 0 aromatic heterocycles. The Hall–Kier alpha value is -2.33. The van der Waals surface area contributed by atoms with E-state index in [1.54, 1.807) is 7.11 Å². The number of ether oxygens (including phenoxy) is 1. The summed E-state index contributed by atoms with van der Waals surface area (Å²) in [7, 11) is 1.69. The minimum Gasteiger partial charge on any atom is -0.380 e. The van der Waals surface area contributed by atoms with Crippen LogP contribution in [-0.2, 0) is 16.1 Å². The van der Waals surface area contributed by atoms with E-state index in [2.05, 4.69) is 28.8 Å². The number of amides is 1. The number of rotatable bonds is 3. The second kappa shape index (κ2) is 6.20. The lowest BCUT2D eigenvalue weighted by Gasteiger charge is -2.17. The topological polar surface area (TPSA) is 50.4 Å². The molecule has 1 heterocycles. The third-order valence-corrected chi connectivity index (χ3v) is 3.77. The number of fused-ring (bicyclic) bond motifs is 1. The molecule has 0 spiro atoms. The molecule has 0 aliphatic carbocycles. The monoisotopic (exact) mass is 296 g/mol. The van der Waals surface area contributed by atoms with Crippen molar-refractivity contribution in [1.82, 2.24) is 0 Å². The first-order valence-electron chi connectivity index (χ1n) is 7.45. The van der Waals surface area contributed by atoms with E-state index in [4.69, 9.17) is 4.74 Å². The average molecular weight is 296 g/mol. The Morgan fingerprint density at radius 3 is 2.86 bits per heavy atom. The van der Waals surface area contributed by atoms with Crippen LogP contribution < -0.4 is 10.6 Å². The highest BCUT2D eigenvalue weighted by atomic mass is 16.5. The Kier molecular flexibility index (Phi) is 4.11. The van der Waals surface area contributed by atoms with Crippen LogP contribution in [0, 0.1) is 0 Å². The largest absolute Gasteiger partial charge is 0.380 e. The minimum absolute atomic E-state index is 0.0454. The maximum atomic E-state index is 11.9. The molecule has 0 radical (unpaired) electrons. The van der Waals surface area contributed by atoms with Crippen molar-refractivity contribution in [3.05, 3.63) is 48.0 Å². The molecule has 0 saturated carbocycles. The molecule has 0 bridgehead atoms. The van der Waals surface area contributed by atoms with Crippen molar-refractivity contribution < 1.29 is 9.53 Å². The van der Waals surface area contributed by atoms with Crippen LogP contribution >= 0.6 is 0 Å². The summed E-state index contributed by atoms with van der Waals surface area (Å²) in [6, 6.07) is 14.3. The Balaban J connectivity index is 2.07. The molecule has 2 N–H and O–H groups in total. The predicted molar refractivity (Wildman–Crippen MR) is 88.9 cm³/mol. The number of anilines is 2. The van der Waals surface area contributed by atoms with Gasteiger partial charge in [-0.25, -0.2) is 0 Å². The van der Waals surface area contributed by atoms with E-state index in [1.807, 2.05) is 31.2 Å². The van der Waals surface area contributed by atoms with Gasteiger partial charge in [-0.3, -0.25) is 4.79 Å². The van der Waals surface area contributed by atoms with E-state index in [9.17, 15) is 4.79 Å². The second-order valence-electron chi connectivity index (χ2n) is 5.66. The fraction of sp³-hybridized carbons (Fsp3) is 0.278. The van der Waals surface area contributed by atoms with Crippen LogP contribution in [0.25, 0.3) is 11.1 Å². The molecule has 2 aromatic rings. The molecule has 4 heteroatoms. The van der Waals surface area contributed by atoms with Crippen molar-refractivity contribution >= 4 is 17.3 Å². The van der Waals surface area contributed by atoms with Crippen LogP contribution in [0.4, 0.5) is 11.4 Å². The number of carbonyl (C=O) groups excluding carboxylic acids is 1. The van der Waals surface area contributed by atoms with E-state index in [-0.39, 0.29) is 11.9 Å². The van der Waals surface area contributed by atoms with Gasteiger partial charge >= 0.3 is 0 Å². The van der Waals surface area contributed by atoms with Gasteiger partial charge in [-0.2, -0.15) is 0 Å². The Morgan fingerprint density at radius 2 is 2.05 bits per heavy atom. The van der Waals surface area contributed by atoms with Gasteiger partial charge in [-0.15, -0.1) is 0 Å². The zero-order valence-corrected chi connectivity index (χ0v) is 12.8. The molecule has 1 amide bonds. The van der Waals surface area contributed by atoms with Crippen LogP contribution in [-0.4, -0.2) is 19.1 Å². The second-order valence-corrected chi connectivity index (χ2v) is 5.66. The fourth-order valence-corrected chi connectivity index (χ4v) is 2.82. The van der Waals surface area contributed by atoms with Crippen LogP contribution in [0.2, 0.25) is 0 Å². The van der Waals surface area contributed by atoms with Gasteiger partial charge in [0.25, 0.3) is 0 Å². The van der Waals surface area contributed by atoms with Gasteiger partial charge in [0.15, 0.2) is 0 Å². The summed E-state index contributed by atoms with van der Waals surface area (Å²) >= 11 is 0. The van der Waals surface area contributed by atoms with Crippen molar-refractivity contribution in [1.29, 1.82) is 0 Å². The smallest absolute Gasteiger partial charge is 0.226 e. The van der Waals surface area contributed by atoms with Crippen molar-refractivity contribution in [3.63, 3.8) is 0 Å². The lowest BCUT2D eigenvalue weighted by atomic mass is 10.00. The van der Waals surface area contributed by atoms with E-state index in [0.29, 0.717) is 13.0 Å². The Labute approximate surface area is 130 Å². The fourth-order valence-electron chi connectivity index (χ4n) is 2.82. The summed E-state index contributed by atoms with van der Waals surface area (Å²) < 4.78 is 5.21. The molecule has 0 fully saturated rings. The highest BCUT2D eigenvalue weighted by Gasteiger charge is 2.20. The number of hydrogen-bond donors (Lipinski definition) is 2. The molecule has 1 aliphatic rings. The van der Waals surface area contributed by atoms with Gasteiger partial charge < -0.3 is 15.4 Å². The zero-order chi connectivity index (χ0) is 15.5. The van der Waals surface area contributed by atoms with Gasteiger partial charge in [-0.05, 0) is 30.2 Å². The lowest BCUT2D eigenvalue weighted by molar-refractivity contribution is -0.116. The van der Waals surface area contributed by atoms with Crippen molar-refractivity contribution in [2.45, 2.75) is 26.0 Å². The van der Waals surface area contributed by atoms with Crippen LogP contribution in [0.15, 0.2) is 42.5 Å². The predicted octanol–water partition coefficient (Wildman–Crippen LogP) is 3.64. The van der Waals surface area contributed by atoms with Crippen LogP contribution in [0.5, 0.6) is 0 Å². The van der Waals surface area contributed by atoms with Gasteiger partial charge in [-0.1, -0.05) is 30.3 Å². The molecule has 4 nitrogen and oxygen atoms in total. The van der Waals surface area contributed by atoms with Crippen molar-refractivity contribution in [3.8, 4) is 11.1 Å². The third-order valence-electron chi connectivity index (χ3n) is 3.77. The molecule has 114 valence electrons. The normalized spacial score (nSPS) is 17.2. The molecular formula is C18H20N2O2. The molecular weight excluding hydrogens is 276 g/mol. The SMILES string of the molecule is COCc1cccc(-c2cccc3c2N[C@H](C)CC(=O)N3)c1. The molecule has 1 atom stereocenters. The van der Waals surface area contributed by atoms with E-state index in [0.717, 1.165) is 28.1 Å². The molecule has 1 aliphatic heterocycles. The number of nitrogens with one attached hydrogen (secondary N) is 2. The maximum Gasteiger partial charge on any atom is 0.226 e. The first kappa shape index (κ1) is 14.6. The van der Waals surface area contributed by atoms with Crippen LogP contribution in [0.3, 0.4) is 0 Å². The number of para-hydroxylation sites is 1. The van der Waals surface area contributed by atoms with E-state index >= 15 is 0 Å². The summed E-state index contributed by atoms with van der Waals surface area (Å²) in [6.07, 6.45) is 0.470. The highest BCUT2D eigenvalue weighted by Crippen LogP contribution is 2.36. The molecule has 2 aromatic carbocycles. The average Bonchev–Trinajstić information content (AvgIpc) is 2.63. The number of carbonyl (C=O) groups is 1. The first-order valence-corrected chi connectivity index (χ1v) is 7.45. The molecule has 0 unspecified atom stereocenters. The summed E-state index contributed by atoms with van der Waals surface area (Å²) in [4.78, 5) is 11.9. The quantitative estimate of drug-likeness (QED) is 0.909. The maximum absolute atomic E-state index is 11.9. The van der Waals surface area contributed by atoms with Crippen molar-refractivity contribution in [2.75, 3.05) is 17.7 Å². The Morgan fingerprint density at radius 1 is 1.23 bits per heavy atom. The van der Waals surface area contributed by atoms with Crippen molar-refractivity contribution in [2.24, 2.45) is 0 Å². The molecule has 0 saturated heterocycles. The van der Waals surface area contributed by atoms with Crippen LogP contribution in [0.1, 0.15) is 18.9 Å². The third kappa shape index (κ3) is 2.97. The molecule has 22 heavy (non-hydrogen) atoms. The lowest BCUT2D eigenvalue weighted by Crippen LogP contribution is -2.19. The summed E-state index contributed by atoms with van der Waals surface area (Å²) in [6.45, 7) is 2.61. The summed E-state index contributed by atoms with van der Waals surface area (Å²) in [5, 5.41) is 6.43. The number of benzene rings is 2. The summed E-state index contributed by atoms with van der Waals surface area (Å²) in [5.74, 6) is 0.0454. The van der Waals surface area contributed by atoms with E-state index < -0.39 is 0 Å². The minimum atomic E-state index is 0.0454. The first-order chi connectivity index (χ1) is 10.7. The zero-order valence-electron chi connectivity index (χ0n) is 12.8. The van der Waals surface area contributed by atoms with Gasteiger partial charge in [0.2, 0.25) is 5.91 Å². The number of hydrogen-bond acceptors (Lipinski definition) is 3. The van der Waals surface area contributed by atoms with Gasteiger partial charge in [0.1, 0.15) is 0 Å². The molecule has 3 rings (SSSR count). The summed E-state index contributed by atoms with van der Waals surface area (Å²) in [5.41, 5.74) is 5.15. The van der Waals surface area contributed by atoms with Gasteiger partial charge in [0, 0.05) is 25.1 Å². The van der Waals surface area contributed by atoms with Gasteiger partial charge in [0.05, 0.1) is 18.0 Å². The Bertz CT molecular complexity index is 697. The number of methoxy groups -OCH3 is 1.